The van der Waals surface area contributed by atoms with Crippen molar-refractivity contribution < 1.29 is 13.2 Å². The van der Waals surface area contributed by atoms with Gasteiger partial charge in [-0.2, -0.15) is 0 Å². The number of ketones is 1. The zero-order valence-corrected chi connectivity index (χ0v) is 18.2. The molecule has 1 aliphatic carbocycles. The van der Waals surface area contributed by atoms with Crippen LogP contribution in [0.1, 0.15) is 66.7 Å². The van der Waals surface area contributed by atoms with E-state index in [0.717, 1.165) is 29.5 Å². The molecule has 156 valence electrons. The summed E-state index contributed by atoms with van der Waals surface area (Å²) in [6.07, 6.45) is 5.43. The topological polar surface area (TPSA) is 63.2 Å². The minimum absolute atomic E-state index is 0.0780. The highest BCUT2D eigenvalue weighted by Crippen LogP contribution is 2.43. The van der Waals surface area contributed by atoms with E-state index in [4.69, 9.17) is 0 Å². The quantitative estimate of drug-likeness (QED) is 0.665. The van der Waals surface area contributed by atoms with Gasteiger partial charge in [0.05, 0.1) is 5.75 Å². The van der Waals surface area contributed by atoms with Crippen LogP contribution in [0.4, 0.5) is 0 Å². The number of Topliss-reactive ketones (excluding diaryl/α,β-unsaturated/α-hetero) is 1. The van der Waals surface area contributed by atoms with E-state index in [1.165, 1.54) is 25.5 Å². The number of aryl methyl sites for hydroxylation is 2. The number of nitrogens with one attached hydrogen (secondary N) is 1. The molecule has 1 N–H and O–H groups in total. The van der Waals surface area contributed by atoms with Gasteiger partial charge in [-0.1, -0.05) is 61.9 Å². The summed E-state index contributed by atoms with van der Waals surface area (Å²) in [7, 11) is -1.76. The number of hydrogen-bond donors (Lipinski definition) is 1. The number of benzene rings is 2. The molecule has 0 saturated heterocycles. The van der Waals surface area contributed by atoms with Gasteiger partial charge in [0.1, 0.15) is 5.78 Å². The molecule has 5 heteroatoms. The minimum atomic E-state index is -3.20. The molecule has 1 saturated carbocycles. The second-order valence-electron chi connectivity index (χ2n) is 7.95. The number of carbonyl (C=O) groups excluding carboxylic acids is 1. The normalized spacial score (nSPS) is 19.6. The first-order chi connectivity index (χ1) is 13.9. The van der Waals surface area contributed by atoms with Crippen molar-refractivity contribution in [2.24, 2.45) is 0 Å². The Hall–Kier alpha value is -1.98. The fourth-order valence-electron chi connectivity index (χ4n) is 4.18. The third kappa shape index (κ3) is 5.55. The van der Waals surface area contributed by atoms with Gasteiger partial charge in [-0.3, -0.25) is 4.79 Å². The van der Waals surface area contributed by atoms with E-state index in [0.29, 0.717) is 18.6 Å². The lowest BCUT2D eigenvalue weighted by molar-refractivity contribution is -0.118. The molecule has 4 nitrogen and oxygen atoms in total. The first-order valence-electron chi connectivity index (χ1n) is 10.5. The van der Waals surface area contributed by atoms with Gasteiger partial charge in [0, 0.05) is 12.3 Å². The fraction of sp³-hybridized carbons (Fsp3) is 0.458. The number of unbranched alkanes of at least 4 members (excludes halogenated alkanes) is 1. The van der Waals surface area contributed by atoms with Crippen LogP contribution in [0.5, 0.6) is 0 Å². The molecule has 2 aromatic rings. The molecule has 1 fully saturated rings. The van der Waals surface area contributed by atoms with Gasteiger partial charge in [0.2, 0.25) is 10.0 Å². The predicted octanol–water partition coefficient (Wildman–Crippen LogP) is 4.35. The van der Waals surface area contributed by atoms with Crippen molar-refractivity contribution in [3.8, 4) is 0 Å². The summed E-state index contributed by atoms with van der Waals surface area (Å²) in [4.78, 5) is 12.7. The third-order valence-corrected chi connectivity index (χ3v) is 7.35. The van der Waals surface area contributed by atoms with Crippen molar-refractivity contribution in [1.82, 2.24) is 4.72 Å². The summed E-state index contributed by atoms with van der Waals surface area (Å²) in [5, 5.41) is 0. The Balaban J connectivity index is 1.73. The van der Waals surface area contributed by atoms with Crippen LogP contribution in [-0.4, -0.2) is 27.0 Å². The standard InChI is InChI=1S/C24H31NO3S/c1-3-4-5-18-8-12-21(13-9-18)24-22(14-15-23(24)26)20-10-6-19(7-11-20)16-17-29(27,28)25-2/h6-13,22,24-25H,3-5,14-17H2,1-2H3. The minimum Gasteiger partial charge on any atom is -0.299 e. The molecule has 1 aliphatic rings. The Labute approximate surface area is 174 Å². The lowest BCUT2D eigenvalue weighted by Crippen LogP contribution is -2.23. The zero-order chi connectivity index (χ0) is 20.9. The molecule has 0 aromatic heterocycles. The largest absolute Gasteiger partial charge is 0.299 e. The number of carbonyl (C=O) groups is 1. The van der Waals surface area contributed by atoms with Crippen LogP contribution >= 0.6 is 0 Å². The molecule has 0 amide bonds. The summed E-state index contributed by atoms with van der Waals surface area (Å²) in [6, 6.07) is 16.7. The molecule has 2 aromatic carbocycles. The van der Waals surface area contributed by atoms with Crippen molar-refractivity contribution in [3.63, 3.8) is 0 Å². The number of rotatable bonds is 9. The van der Waals surface area contributed by atoms with Gasteiger partial charge < -0.3 is 0 Å². The van der Waals surface area contributed by atoms with Crippen molar-refractivity contribution in [1.29, 1.82) is 0 Å². The van der Waals surface area contributed by atoms with E-state index in [1.807, 2.05) is 12.1 Å². The summed E-state index contributed by atoms with van der Waals surface area (Å²) in [6.45, 7) is 2.20. The molecule has 0 bridgehead atoms. The van der Waals surface area contributed by atoms with Crippen molar-refractivity contribution in [2.75, 3.05) is 12.8 Å². The summed E-state index contributed by atoms with van der Waals surface area (Å²) in [5.41, 5.74) is 4.60. The second kappa shape index (κ2) is 9.68. The lowest BCUT2D eigenvalue weighted by atomic mass is 9.83. The first kappa shape index (κ1) is 21.7. The van der Waals surface area contributed by atoms with Gasteiger partial charge in [-0.05, 0) is 60.9 Å². The van der Waals surface area contributed by atoms with Crippen molar-refractivity contribution in [2.45, 2.75) is 57.3 Å². The second-order valence-corrected chi connectivity index (χ2v) is 9.99. The van der Waals surface area contributed by atoms with Crippen LogP contribution in [-0.2, 0) is 27.7 Å². The van der Waals surface area contributed by atoms with Gasteiger partial charge >= 0.3 is 0 Å². The molecule has 0 spiro atoms. The van der Waals surface area contributed by atoms with Crippen LogP contribution in [0.15, 0.2) is 48.5 Å². The molecule has 2 unspecified atom stereocenters. The Morgan fingerprint density at radius 1 is 0.931 bits per heavy atom. The van der Waals surface area contributed by atoms with Gasteiger partial charge in [-0.15, -0.1) is 0 Å². The van der Waals surface area contributed by atoms with Crippen LogP contribution in [0.2, 0.25) is 0 Å². The SMILES string of the molecule is CCCCc1ccc(C2C(=O)CCC2c2ccc(CCS(=O)(=O)NC)cc2)cc1. The maximum atomic E-state index is 12.7. The van der Waals surface area contributed by atoms with Crippen LogP contribution in [0, 0.1) is 0 Å². The molecular weight excluding hydrogens is 382 g/mol. The van der Waals surface area contributed by atoms with E-state index in [2.05, 4.69) is 48.0 Å². The van der Waals surface area contributed by atoms with Gasteiger partial charge in [0.25, 0.3) is 0 Å². The maximum Gasteiger partial charge on any atom is 0.211 e. The number of hydrogen-bond acceptors (Lipinski definition) is 3. The Bertz CT molecular complexity index is 918. The van der Waals surface area contributed by atoms with Crippen molar-refractivity contribution >= 4 is 15.8 Å². The van der Waals surface area contributed by atoms with E-state index in [9.17, 15) is 13.2 Å². The van der Waals surface area contributed by atoms with Gasteiger partial charge in [0.15, 0.2) is 0 Å². The summed E-state index contributed by atoms with van der Waals surface area (Å²) in [5.74, 6) is 0.517. The Morgan fingerprint density at radius 3 is 2.10 bits per heavy atom. The highest BCUT2D eigenvalue weighted by Gasteiger charge is 2.36. The van der Waals surface area contributed by atoms with Crippen LogP contribution in [0.25, 0.3) is 0 Å². The summed E-state index contributed by atoms with van der Waals surface area (Å²) >= 11 is 0. The maximum absolute atomic E-state index is 12.7. The third-order valence-electron chi connectivity index (χ3n) is 5.99. The van der Waals surface area contributed by atoms with E-state index < -0.39 is 10.0 Å². The molecule has 3 rings (SSSR count). The molecule has 2 atom stereocenters. The fourth-order valence-corrected chi connectivity index (χ4v) is 4.89. The molecule has 29 heavy (non-hydrogen) atoms. The van der Waals surface area contributed by atoms with Crippen LogP contribution < -0.4 is 4.72 Å². The van der Waals surface area contributed by atoms with E-state index in [1.54, 1.807) is 0 Å². The van der Waals surface area contributed by atoms with Gasteiger partial charge in [-0.25, -0.2) is 13.1 Å². The lowest BCUT2D eigenvalue weighted by Gasteiger charge is -2.20. The summed E-state index contributed by atoms with van der Waals surface area (Å²) < 4.78 is 25.6. The molecular formula is C24H31NO3S. The Morgan fingerprint density at radius 2 is 1.52 bits per heavy atom. The van der Waals surface area contributed by atoms with E-state index in [-0.39, 0.29) is 17.6 Å². The highest BCUT2D eigenvalue weighted by atomic mass is 32.2. The smallest absolute Gasteiger partial charge is 0.211 e. The molecule has 0 radical (unpaired) electrons. The average Bonchev–Trinajstić information content (AvgIpc) is 3.13. The average molecular weight is 414 g/mol. The molecule has 0 aliphatic heterocycles. The number of sulfonamides is 1. The highest BCUT2D eigenvalue weighted by molar-refractivity contribution is 7.89. The monoisotopic (exact) mass is 413 g/mol. The Kier molecular flexibility index (Phi) is 7.25. The van der Waals surface area contributed by atoms with Crippen LogP contribution in [0.3, 0.4) is 0 Å². The van der Waals surface area contributed by atoms with Crippen molar-refractivity contribution in [3.05, 3.63) is 70.8 Å². The molecule has 0 heterocycles. The first-order valence-corrected chi connectivity index (χ1v) is 12.2. The zero-order valence-electron chi connectivity index (χ0n) is 17.4. The predicted molar refractivity (Wildman–Crippen MR) is 118 cm³/mol. The van der Waals surface area contributed by atoms with E-state index >= 15 is 0 Å².